The van der Waals surface area contributed by atoms with Gasteiger partial charge in [0, 0.05) is 17.1 Å². The Morgan fingerprint density at radius 3 is 2.62 bits per heavy atom. The fraction of sp³-hybridized carbons (Fsp3) is 0.500. The Bertz CT molecular complexity index is 659. The second kappa shape index (κ2) is 6.06. The predicted molar refractivity (Wildman–Crippen MR) is 82.6 cm³/mol. The van der Waals surface area contributed by atoms with E-state index < -0.39 is 21.9 Å². The first-order valence-electron chi connectivity index (χ1n) is 6.74. The predicted octanol–water partition coefficient (Wildman–Crippen LogP) is 2.63. The number of carboxylic acids is 1. The zero-order chi connectivity index (χ0) is 15.8. The molecule has 2 atom stereocenters. The summed E-state index contributed by atoms with van der Waals surface area (Å²) in [4.78, 5) is 11.3. The van der Waals surface area contributed by atoms with Crippen LogP contribution in [0.5, 0.6) is 0 Å². The van der Waals surface area contributed by atoms with Crippen LogP contribution in [0.1, 0.15) is 25.3 Å². The molecule has 116 valence electrons. The van der Waals surface area contributed by atoms with E-state index in [0.717, 1.165) is 5.56 Å². The van der Waals surface area contributed by atoms with Gasteiger partial charge in [0.2, 0.25) is 10.0 Å². The van der Waals surface area contributed by atoms with Gasteiger partial charge in [-0.1, -0.05) is 6.07 Å². The molecule has 1 aromatic carbocycles. The van der Waals surface area contributed by atoms with E-state index in [1.165, 1.54) is 4.31 Å². The molecule has 1 aromatic rings. The Morgan fingerprint density at radius 1 is 1.38 bits per heavy atom. The molecule has 1 aliphatic heterocycles. The van der Waals surface area contributed by atoms with Crippen molar-refractivity contribution in [1.82, 2.24) is 4.31 Å². The zero-order valence-corrected chi connectivity index (χ0v) is 14.3. The summed E-state index contributed by atoms with van der Waals surface area (Å²) in [5, 5.41) is 9.14. The number of halogens is 1. The van der Waals surface area contributed by atoms with Gasteiger partial charge >= 0.3 is 5.97 Å². The topological polar surface area (TPSA) is 74.7 Å². The van der Waals surface area contributed by atoms with Crippen LogP contribution < -0.4 is 0 Å². The normalized spacial score (nSPS) is 24.0. The number of hydrogen-bond acceptors (Lipinski definition) is 3. The minimum absolute atomic E-state index is 0.0269. The van der Waals surface area contributed by atoms with Gasteiger partial charge in [0.1, 0.15) is 0 Å². The standard InChI is InChI=1S/C14H18BrNO4S/c1-9-3-6-13(12(15)7-9)21(19,20)16-8-11(14(17)18)5-4-10(16)2/h3,6-7,10-11H,4-5,8H2,1-2H3,(H,17,18). The first-order chi connectivity index (χ1) is 9.73. The highest BCUT2D eigenvalue weighted by Crippen LogP contribution is 2.31. The van der Waals surface area contributed by atoms with E-state index in [9.17, 15) is 13.2 Å². The van der Waals surface area contributed by atoms with Crippen molar-refractivity contribution in [3.8, 4) is 0 Å². The summed E-state index contributed by atoms with van der Waals surface area (Å²) >= 11 is 3.29. The van der Waals surface area contributed by atoms with Crippen LogP contribution >= 0.6 is 15.9 Å². The monoisotopic (exact) mass is 375 g/mol. The number of aliphatic carboxylic acids is 1. The molecule has 1 aliphatic rings. The van der Waals surface area contributed by atoms with Crippen molar-refractivity contribution >= 4 is 31.9 Å². The Hall–Kier alpha value is -0.920. The van der Waals surface area contributed by atoms with Crippen LogP contribution in [0.25, 0.3) is 0 Å². The number of carbonyl (C=O) groups is 1. The molecule has 1 N–H and O–H groups in total. The quantitative estimate of drug-likeness (QED) is 0.880. The van der Waals surface area contributed by atoms with Crippen LogP contribution in [0.3, 0.4) is 0 Å². The molecule has 1 saturated heterocycles. The van der Waals surface area contributed by atoms with Crippen LogP contribution in [-0.4, -0.2) is 36.4 Å². The van der Waals surface area contributed by atoms with E-state index in [2.05, 4.69) is 15.9 Å². The number of piperidine rings is 1. The summed E-state index contributed by atoms with van der Waals surface area (Å²) < 4.78 is 27.4. The number of nitrogens with zero attached hydrogens (tertiary/aromatic N) is 1. The molecule has 2 unspecified atom stereocenters. The number of aryl methyl sites for hydroxylation is 1. The lowest BCUT2D eigenvalue weighted by Gasteiger charge is -2.35. The minimum atomic E-state index is -3.70. The van der Waals surface area contributed by atoms with Crippen molar-refractivity contribution in [2.45, 2.75) is 37.6 Å². The molecule has 0 amide bonds. The molecule has 0 aromatic heterocycles. The summed E-state index contributed by atoms with van der Waals surface area (Å²) in [6, 6.07) is 4.85. The third kappa shape index (κ3) is 3.30. The van der Waals surface area contributed by atoms with Crippen molar-refractivity contribution in [3.05, 3.63) is 28.2 Å². The summed E-state index contributed by atoms with van der Waals surface area (Å²) in [6.45, 7) is 3.72. The van der Waals surface area contributed by atoms with Crippen molar-refractivity contribution < 1.29 is 18.3 Å². The lowest BCUT2D eigenvalue weighted by Crippen LogP contribution is -2.47. The molecule has 0 saturated carbocycles. The van der Waals surface area contributed by atoms with Gasteiger partial charge in [0.05, 0.1) is 10.8 Å². The minimum Gasteiger partial charge on any atom is -0.481 e. The van der Waals surface area contributed by atoms with Crippen LogP contribution in [-0.2, 0) is 14.8 Å². The Balaban J connectivity index is 2.39. The molecule has 0 spiro atoms. The number of hydrogen-bond donors (Lipinski definition) is 1. The Labute approximate surface area is 133 Å². The summed E-state index contributed by atoms with van der Waals surface area (Å²) in [6.07, 6.45) is 1.07. The van der Waals surface area contributed by atoms with E-state index >= 15 is 0 Å². The third-order valence-corrected chi connectivity index (χ3v) is 6.80. The second-order valence-electron chi connectivity index (χ2n) is 5.47. The number of sulfonamides is 1. The molecule has 2 rings (SSSR count). The van der Waals surface area contributed by atoms with E-state index in [-0.39, 0.29) is 17.5 Å². The first kappa shape index (κ1) is 16.5. The summed E-state index contributed by atoms with van der Waals surface area (Å²) in [7, 11) is -3.70. The van der Waals surface area contributed by atoms with Crippen LogP contribution in [0.2, 0.25) is 0 Å². The van der Waals surface area contributed by atoms with E-state index in [0.29, 0.717) is 17.3 Å². The van der Waals surface area contributed by atoms with Gasteiger partial charge in [-0.25, -0.2) is 8.42 Å². The average molecular weight is 376 g/mol. The molecule has 5 nitrogen and oxygen atoms in total. The highest BCUT2D eigenvalue weighted by Gasteiger charge is 2.38. The highest BCUT2D eigenvalue weighted by molar-refractivity contribution is 9.10. The van der Waals surface area contributed by atoms with E-state index in [1.807, 2.05) is 13.8 Å². The first-order valence-corrected chi connectivity index (χ1v) is 8.97. The van der Waals surface area contributed by atoms with E-state index in [1.54, 1.807) is 18.2 Å². The van der Waals surface area contributed by atoms with Crippen molar-refractivity contribution in [1.29, 1.82) is 0 Å². The fourth-order valence-electron chi connectivity index (χ4n) is 2.55. The van der Waals surface area contributed by atoms with Gasteiger partial charge in [-0.2, -0.15) is 4.31 Å². The molecular weight excluding hydrogens is 358 g/mol. The molecule has 1 heterocycles. The highest BCUT2D eigenvalue weighted by atomic mass is 79.9. The van der Waals surface area contributed by atoms with Gasteiger partial charge in [-0.05, 0) is 60.3 Å². The summed E-state index contributed by atoms with van der Waals surface area (Å²) in [5.41, 5.74) is 0.955. The SMILES string of the molecule is Cc1ccc(S(=O)(=O)N2CC(C(=O)O)CCC2C)c(Br)c1. The van der Waals surface area contributed by atoms with E-state index in [4.69, 9.17) is 5.11 Å². The van der Waals surface area contributed by atoms with Crippen molar-refractivity contribution in [2.75, 3.05) is 6.54 Å². The largest absolute Gasteiger partial charge is 0.481 e. The molecule has 0 aliphatic carbocycles. The Morgan fingerprint density at radius 2 is 2.05 bits per heavy atom. The molecule has 0 bridgehead atoms. The second-order valence-corrected chi connectivity index (χ2v) is 8.18. The maximum absolute atomic E-state index is 12.8. The average Bonchev–Trinajstić information content (AvgIpc) is 2.38. The van der Waals surface area contributed by atoms with Gasteiger partial charge in [-0.15, -0.1) is 0 Å². The maximum Gasteiger partial charge on any atom is 0.307 e. The lowest BCUT2D eigenvalue weighted by atomic mass is 9.96. The molecule has 7 heteroatoms. The zero-order valence-electron chi connectivity index (χ0n) is 11.9. The van der Waals surface area contributed by atoms with Gasteiger partial charge < -0.3 is 5.11 Å². The number of carboxylic acid groups (broad SMARTS) is 1. The fourth-order valence-corrected chi connectivity index (χ4v) is 5.41. The van der Waals surface area contributed by atoms with Crippen LogP contribution in [0.4, 0.5) is 0 Å². The molecule has 21 heavy (non-hydrogen) atoms. The number of rotatable bonds is 3. The maximum atomic E-state index is 12.8. The Kier molecular flexibility index (Phi) is 4.75. The molecular formula is C14H18BrNO4S. The third-order valence-electron chi connectivity index (χ3n) is 3.85. The van der Waals surface area contributed by atoms with Crippen LogP contribution in [0, 0.1) is 12.8 Å². The smallest absolute Gasteiger partial charge is 0.307 e. The van der Waals surface area contributed by atoms with Crippen molar-refractivity contribution in [2.24, 2.45) is 5.92 Å². The number of benzene rings is 1. The summed E-state index contributed by atoms with van der Waals surface area (Å²) in [5.74, 6) is -1.58. The molecule has 0 radical (unpaired) electrons. The van der Waals surface area contributed by atoms with Gasteiger partial charge in [0.15, 0.2) is 0 Å². The van der Waals surface area contributed by atoms with Gasteiger partial charge in [-0.3, -0.25) is 4.79 Å². The van der Waals surface area contributed by atoms with Gasteiger partial charge in [0.25, 0.3) is 0 Å². The lowest BCUT2D eigenvalue weighted by molar-refractivity contribution is -0.143. The van der Waals surface area contributed by atoms with Crippen molar-refractivity contribution in [3.63, 3.8) is 0 Å². The molecule has 1 fully saturated rings. The van der Waals surface area contributed by atoms with Crippen LogP contribution in [0.15, 0.2) is 27.6 Å².